The summed E-state index contributed by atoms with van der Waals surface area (Å²) in [6.45, 7) is 7.03. The van der Waals surface area contributed by atoms with Crippen molar-refractivity contribution in [2.75, 3.05) is 6.54 Å². The van der Waals surface area contributed by atoms with Gasteiger partial charge in [0.25, 0.3) is 0 Å². The number of rotatable bonds is 4. The molecule has 1 amide bonds. The fourth-order valence-corrected chi connectivity index (χ4v) is 3.40. The van der Waals surface area contributed by atoms with Gasteiger partial charge in [0.1, 0.15) is 5.82 Å². The molecular formula is C20H27N3O. The molecule has 1 aromatic heterocycles. The molecule has 1 aliphatic heterocycles. The Hall–Kier alpha value is -2.10. The molecule has 4 heteroatoms. The Kier molecular flexibility index (Phi) is 5.03. The molecule has 2 unspecified atom stereocenters. The Morgan fingerprint density at radius 3 is 3.00 bits per heavy atom. The molecule has 1 fully saturated rings. The highest BCUT2D eigenvalue weighted by atomic mass is 16.2. The van der Waals surface area contributed by atoms with Crippen LogP contribution in [0.5, 0.6) is 0 Å². The average Bonchev–Trinajstić information content (AvgIpc) is 3.10. The van der Waals surface area contributed by atoms with Gasteiger partial charge < -0.3 is 9.88 Å². The van der Waals surface area contributed by atoms with Gasteiger partial charge in [-0.05, 0) is 44.2 Å². The van der Waals surface area contributed by atoms with Crippen LogP contribution in [0.4, 0.5) is 0 Å². The number of aromatic amines is 1. The number of amides is 1. The van der Waals surface area contributed by atoms with Crippen molar-refractivity contribution < 1.29 is 4.79 Å². The zero-order valence-electron chi connectivity index (χ0n) is 14.9. The number of imidazole rings is 1. The van der Waals surface area contributed by atoms with Crippen LogP contribution < -0.4 is 0 Å². The van der Waals surface area contributed by atoms with Crippen LogP contribution in [0.1, 0.15) is 57.0 Å². The number of aryl methyl sites for hydroxylation is 1. The van der Waals surface area contributed by atoms with Crippen molar-refractivity contribution in [1.82, 2.24) is 14.9 Å². The van der Waals surface area contributed by atoms with E-state index in [0.29, 0.717) is 0 Å². The number of likely N-dealkylation sites (tertiary alicyclic amines) is 1. The van der Waals surface area contributed by atoms with Crippen molar-refractivity contribution in [2.24, 2.45) is 5.92 Å². The summed E-state index contributed by atoms with van der Waals surface area (Å²) in [5.74, 6) is 1.26. The predicted octanol–water partition coefficient (Wildman–Crippen LogP) is 4.48. The number of aromatic nitrogens is 2. The summed E-state index contributed by atoms with van der Waals surface area (Å²) in [7, 11) is 0. The van der Waals surface area contributed by atoms with E-state index in [1.54, 1.807) is 0 Å². The highest BCUT2D eigenvalue weighted by Gasteiger charge is 2.31. The van der Waals surface area contributed by atoms with Crippen LogP contribution >= 0.6 is 0 Å². The Bertz CT molecular complexity index is 706. The van der Waals surface area contributed by atoms with Crippen LogP contribution in [0.3, 0.4) is 0 Å². The number of carbonyl (C=O) groups is 1. The van der Waals surface area contributed by atoms with E-state index >= 15 is 0 Å². The number of hydrogen-bond acceptors (Lipinski definition) is 2. The molecule has 1 aromatic carbocycles. The van der Waals surface area contributed by atoms with Crippen molar-refractivity contribution in [1.29, 1.82) is 0 Å². The number of benzene rings is 1. The first-order valence-electron chi connectivity index (χ1n) is 9.02. The number of hydrogen-bond donors (Lipinski definition) is 1. The highest BCUT2D eigenvalue weighted by molar-refractivity contribution is 5.79. The van der Waals surface area contributed by atoms with Crippen LogP contribution in [0.2, 0.25) is 0 Å². The van der Waals surface area contributed by atoms with Gasteiger partial charge in [0.15, 0.2) is 0 Å². The highest BCUT2D eigenvalue weighted by Crippen LogP contribution is 2.32. The maximum absolute atomic E-state index is 12.7. The van der Waals surface area contributed by atoms with Gasteiger partial charge in [-0.3, -0.25) is 4.79 Å². The van der Waals surface area contributed by atoms with E-state index in [4.69, 9.17) is 0 Å². The van der Waals surface area contributed by atoms with Crippen LogP contribution in [0.15, 0.2) is 30.5 Å². The summed E-state index contributed by atoms with van der Waals surface area (Å²) >= 11 is 0. The first kappa shape index (κ1) is 16.7. The van der Waals surface area contributed by atoms with E-state index in [-0.39, 0.29) is 17.9 Å². The Labute approximate surface area is 144 Å². The SMILES string of the molecule is CCC(C)C(=O)N1CCCCC1c1ncc(-c2cccc(C)c2)[nH]1. The Morgan fingerprint density at radius 2 is 2.25 bits per heavy atom. The lowest BCUT2D eigenvalue weighted by atomic mass is 9.98. The third-order valence-corrected chi connectivity index (χ3v) is 5.06. The van der Waals surface area contributed by atoms with Crippen LogP contribution in [0.25, 0.3) is 11.3 Å². The van der Waals surface area contributed by atoms with Crippen molar-refractivity contribution in [3.63, 3.8) is 0 Å². The lowest BCUT2D eigenvalue weighted by Crippen LogP contribution is -2.41. The van der Waals surface area contributed by atoms with E-state index < -0.39 is 0 Å². The number of nitrogens with zero attached hydrogens (tertiary/aromatic N) is 2. The number of carbonyl (C=O) groups excluding carboxylic acids is 1. The van der Waals surface area contributed by atoms with E-state index in [9.17, 15) is 4.79 Å². The molecular weight excluding hydrogens is 298 g/mol. The molecule has 1 aliphatic rings. The Morgan fingerprint density at radius 1 is 1.42 bits per heavy atom. The molecule has 4 nitrogen and oxygen atoms in total. The van der Waals surface area contributed by atoms with E-state index in [1.165, 1.54) is 5.56 Å². The van der Waals surface area contributed by atoms with Crippen LogP contribution in [0, 0.1) is 12.8 Å². The predicted molar refractivity (Wildman–Crippen MR) is 96.5 cm³/mol. The molecule has 24 heavy (non-hydrogen) atoms. The maximum Gasteiger partial charge on any atom is 0.226 e. The molecule has 1 N–H and O–H groups in total. The summed E-state index contributed by atoms with van der Waals surface area (Å²) in [6.07, 6.45) is 6.00. The first-order chi connectivity index (χ1) is 11.6. The summed E-state index contributed by atoms with van der Waals surface area (Å²) in [5.41, 5.74) is 3.40. The van der Waals surface area contributed by atoms with Gasteiger partial charge in [-0.1, -0.05) is 37.6 Å². The minimum atomic E-state index is 0.0804. The van der Waals surface area contributed by atoms with Crippen molar-refractivity contribution in [3.8, 4) is 11.3 Å². The lowest BCUT2D eigenvalue weighted by molar-refractivity contribution is -0.139. The molecule has 2 heterocycles. The minimum Gasteiger partial charge on any atom is -0.340 e. The normalized spacial score (nSPS) is 19.3. The molecule has 1 saturated heterocycles. The Balaban J connectivity index is 1.85. The number of nitrogens with one attached hydrogen (secondary N) is 1. The second kappa shape index (κ2) is 7.20. The fourth-order valence-electron chi connectivity index (χ4n) is 3.40. The van der Waals surface area contributed by atoms with Gasteiger partial charge in [-0.15, -0.1) is 0 Å². The molecule has 3 rings (SSSR count). The van der Waals surface area contributed by atoms with Crippen LogP contribution in [-0.4, -0.2) is 27.3 Å². The van der Waals surface area contributed by atoms with E-state index in [0.717, 1.165) is 49.3 Å². The average molecular weight is 325 g/mol. The third-order valence-electron chi connectivity index (χ3n) is 5.06. The molecule has 0 radical (unpaired) electrons. The van der Waals surface area contributed by atoms with E-state index in [1.807, 2.05) is 18.0 Å². The molecule has 0 spiro atoms. The smallest absolute Gasteiger partial charge is 0.226 e. The minimum absolute atomic E-state index is 0.0804. The van der Waals surface area contributed by atoms with Crippen molar-refractivity contribution >= 4 is 5.91 Å². The standard InChI is InChI=1S/C20H27N3O/c1-4-15(3)20(24)23-11-6-5-10-18(23)19-21-13-17(22-19)16-9-7-8-14(2)12-16/h7-9,12-13,15,18H,4-6,10-11H2,1-3H3,(H,21,22). The topological polar surface area (TPSA) is 49.0 Å². The summed E-state index contributed by atoms with van der Waals surface area (Å²) in [5, 5.41) is 0. The second-order valence-electron chi connectivity index (χ2n) is 6.90. The monoisotopic (exact) mass is 325 g/mol. The second-order valence-corrected chi connectivity index (χ2v) is 6.90. The summed E-state index contributed by atoms with van der Waals surface area (Å²) in [4.78, 5) is 22.8. The van der Waals surface area contributed by atoms with E-state index in [2.05, 4.69) is 48.1 Å². The van der Waals surface area contributed by atoms with Gasteiger partial charge in [-0.2, -0.15) is 0 Å². The van der Waals surface area contributed by atoms with Gasteiger partial charge in [0.2, 0.25) is 5.91 Å². The van der Waals surface area contributed by atoms with Crippen molar-refractivity contribution in [3.05, 3.63) is 41.9 Å². The molecule has 0 bridgehead atoms. The number of piperidine rings is 1. The van der Waals surface area contributed by atoms with Gasteiger partial charge in [0, 0.05) is 12.5 Å². The lowest BCUT2D eigenvalue weighted by Gasteiger charge is -2.36. The van der Waals surface area contributed by atoms with Gasteiger partial charge in [-0.25, -0.2) is 4.98 Å². The number of H-pyrrole nitrogens is 1. The fraction of sp³-hybridized carbons (Fsp3) is 0.500. The largest absolute Gasteiger partial charge is 0.340 e. The molecule has 2 aromatic rings. The summed E-state index contributed by atoms with van der Waals surface area (Å²) in [6, 6.07) is 8.48. The molecule has 128 valence electrons. The maximum atomic E-state index is 12.7. The van der Waals surface area contributed by atoms with Gasteiger partial charge >= 0.3 is 0 Å². The third kappa shape index (κ3) is 3.37. The van der Waals surface area contributed by atoms with Crippen molar-refractivity contribution in [2.45, 2.75) is 52.5 Å². The zero-order chi connectivity index (χ0) is 17.1. The molecule has 0 saturated carbocycles. The van der Waals surface area contributed by atoms with Gasteiger partial charge in [0.05, 0.1) is 17.9 Å². The summed E-state index contributed by atoms with van der Waals surface area (Å²) < 4.78 is 0. The molecule has 2 atom stereocenters. The molecule has 0 aliphatic carbocycles. The zero-order valence-corrected chi connectivity index (χ0v) is 14.9. The van der Waals surface area contributed by atoms with Crippen LogP contribution in [-0.2, 0) is 4.79 Å². The first-order valence-corrected chi connectivity index (χ1v) is 9.02. The quantitative estimate of drug-likeness (QED) is 0.900.